The number of nitrogens with zero attached hydrogens (tertiary/aromatic N) is 1. The first-order chi connectivity index (χ1) is 9.26. The Balaban J connectivity index is 4.01. The van der Waals surface area contributed by atoms with Gasteiger partial charge in [-0.1, -0.05) is 23.8 Å². The zero-order valence-electron chi connectivity index (χ0n) is 13.7. The van der Waals surface area contributed by atoms with Crippen LogP contribution >= 0.6 is 0 Å². The third-order valence-corrected chi connectivity index (χ3v) is 2.95. The first-order valence-electron chi connectivity index (χ1n) is 7.14. The van der Waals surface area contributed by atoms with E-state index in [2.05, 4.69) is 33.4 Å². The summed E-state index contributed by atoms with van der Waals surface area (Å²) in [6.07, 6.45) is 8.09. The van der Waals surface area contributed by atoms with Crippen molar-refractivity contribution in [3.8, 4) is 0 Å². The molecule has 0 amide bonds. The molecule has 3 nitrogen and oxygen atoms in total. The van der Waals surface area contributed by atoms with Crippen LogP contribution in [-0.2, 0) is 9.53 Å². The van der Waals surface area contributed by atoms with Gasteiger partial charge in [-0.3, -0.25) is 0 Å². The van der Waals surface area contributed by atoms with Gasteiger partial charge in [0.15, 0.2) is 6.54 Å². The molecule has 0 N–H and O–H groups in total. The summed E-state index contributed by atoms with van der Waals surface area (Å²) in [5.41, 5.74) is 2.60. The van der Waals surface area contributed by atoms with Gasteiger partial charge in [-0.25, -0.2) is 4.79 Å². The molecule has 0 unspecified atom stereocenters. The molecule has 114 valence electrons. The third-order valence-electron chi connectivity index (χ3n) is 2.95. The van der Waals surface area contributed by atoms with Crippen LogP contribution in [0.15, 0.2) is 36.0 Å². The topological polar surface area (TPSA) is 26.3 Å². The lowest BCUT2D eigenvalue weighted by Crippen LogP contribution is -2.44. The van der Waals surface area contributed by atoms with Crippen LogP contribution in [0.4, 0.5) is 0 Å². The first kappa shape index (κ1) is 18.7. The standard InChI is InChI=1S/C17H30NO2/c1-7-12-18(5,6)14-17(19)20-13-11-16(4)10-8-9-15(2)3/h7,9,11H,1,8,10,12-14H2,2-6H3/q+1. The number of carbonyl (C=O) groups excluding carboxylic acids is 1. The van der Waals surface area contributed by atoms with Crippen molar-refractivity contribution in [2.75, 3.05) is 33.8 Å². The van der Waals surface area contributed by atoms with Crippen LogP contribution in [0.5, 0.6) is 0 Å². The van der Waals surface area contributed by atoms with Crippen LogP contribution in [0.2, 0.25) is 0 Å². The van der Waals surface area contributed by atoms with Crippen molar-refractivity contribution < 1.29 is 14.0 Å². The largest absolute Gasteiger partial charge is 0.457 e. The Bertz CT molecular complexity index is 374. The van der Waals surface area contributed by atoms with Gasteiger partial charge in [-0.05, 0) is 45.8 Å². The SMILES string of the molecule is C=CC[N+](C)(C)CC(=O)OCC=C(C)CCC=C(C)C. The number of hydrogen-bond acceptors (Lipinski definition) is 2. The van der Waals surface area contributed by atoms with Crippen molar-refractivity contribution in [2.45, 2.75) is 33.6 Å². The van der Waals surface area contributed by atoms with E-state index < -0.39 is 0 Å². The van der Waals surface area contributed by atoms with Crippen LogP contribution in [0.1, 0.15) is 33.6 Å². The lowest BCUT2D eigenvalue weighted by atomic mass is 10.1. The lowest BCUT2D eigenvalue weighted by Gasteiger charge is -2.26. The molecule has 0 aliphatic carbocycles. The van der Waals surface area contributed by atoms with Crippen LogP contribution in [-0.4, -0.2) is 44.2 Å². The second kappa shape index (κ2) is 9.54. The van der Waals surface area contributed by atoms with Gasteiger partial charge >= 0.3 is 5.97 Å². The van der Waals surface area contributed by atoms with Crippen molar-refractivity contribution in [1.82, 2.24) is 0 Å². The predicted molar refractivity (Wildman–Crippen MR) is 85.4 cm³/mol. The molecule has 0 saturated heterocycles. The lowest BCUT2D eigenvalue weighted by molar-refractivity contribution is -0.877. The molecular formula is C17H30NO2+. The number of ether oxygens (including phenoxy) is 1. The third kappa shape index (κ3) is 10.6. The van der Waals surface area contributed by atoms with E-state index in [4.69, 9.17) is 4.74 Å². The number of allylic oxidation sites excluding steroid dienone is 3. The summed E-state index contributed by atoms with van der Waals surface area (Å²) in [6, 6.07) is 0. The van der Waals surface area contributed by atoms with Crippen LogP contribution in [0, 0.1) is 0 Å². The Morgan fingerprint density at radius 1 is 1.20 bits per heavy atom. The van der Waals surface area contributed by atoms with E-state index in [-0.39, 0.29) is 5.97 Å². The molecule has 0 aliphatic rings. The number of hydrogen-bond donors (Lipinski definition) is 0. The highest BCUT2D eigenvalue weighted by atomic mass is 16.5. The average molecular weight is 280 g/mol. The van der Waals surface area contributed by atoms with Crippen molar-refractivity contribution in [3.05, 3.63) is 36.0 Å². The number of rotatable bonds is 9. The van der Waals surface area contributed by atoms with Crippen molar-refractivity contribution in [3.63, 3.8) is 0 Å². The summed E-state index contributed by atoms with van der Waals surface area (Å²) in [4.78, 5) is 11.7. The zero-order valence-corrected chi connectivity index (χ0v) is 13.7. The molecule has 0 radical (unpaired) electrons. The Hall–Kier alpha value is -1.35. The van der Waals surface area contributed by atoms with E-state index in [1.54, 1.807) is 0 Å². The quantitative estimate of drug-likeness (QED) is 0.367. The van der Waals surface area contributed by atoms with E-state index in [9.17, 15) is 4.79 Å². The summed E-state index contributed by atoms with van der Waals surface area (Å²) < 4.78 is 5.82. The van der Waals surface area contributed by atoms with Crippen LogP contribution in [0.3, 0.4) is 0 Å². The molecule has 3 heteroatoms. The summed E-state index contributed by atoms with van der Waals surface area (Å²) >= 11 is 0. The van der Waals surface area contributed by atoms with E-state index >= 15 is 0 Å². The van der Waals surface area contributed by atoms with Gasteiger partial charge in [0.25, 0.3) is 0 Å². The first-order valence-corrected chi connectivity index (χ1v) is 7.14. The van der Waals surface area contributed by atoms with E-state index in [0.29, 0.717) is 17.6 Å². The Kier molecular flexibility index (Phi) is 8.89. The summed E-state index contributed by atoms with van der Waals surface area (Å²) in [6.45, 7) is 11.5. The minimum atomic E-state index is -0.162. The molecule has 0 heterocycles. The molecular weight excluding hydrogens is 250 g/mol. The number of carbonyl (C=O) groups is 1. The Morgan fingerprint density at radius 2 is 1.85 bits per heavy atom. The molecule has 0 saturated carbocycles. The molecule has 0 fully saturated rings. The minimum Gasteiger partial charge on any atom is -0.457 e. The van der Waals surface area contributed by atoms with Gasteiger partial charge in [0.05, 0.1) is 20.6 Å². The van der Waals surface area contributed by atoms with E-state index in [0.717, 1.165) is 19.4 Å². The molecule has 0 spiro atoms. The van der Waals surface area contributed by atoms with Gasteiger partial charge in [-0.15, -0.1) is 0 Å². The van der Waals surface area contributed by atoms with Crippen molar-refractivity contribution >= 4 is 5.97 Å². The smallest absolute Gasteiger partial charge is 0.362 e. The maximum Gasteiger partial charge on any atom is 0.362 e. The molecule has 0 aromatic rings. The van der Waals surface area contributed by atoms with E-state index in [1.807, 2.05) is 26.2 Å². The fourth-order valence-electron chi connectivity index (χ4n) is 1.78. The molecule has 0 aromatic heterocycles. The van der Waals surface area contributed by atoms with Gasteiger partial charge in [-0.2, -0.15) is 0 Å². The van der Waals surface area contributed by atoms with Crippen molar-refractivity contribution in [1.29, 1.82) is 0 Å². The van der Waals surface area contributed by atoms with E-state index in [1.165, 1.54) is 11.1 Å². The molecule has 0 rings (SSSR count). The number of likely N-dealkylation sites (N-methyl/N-ethyl adjacent to an activating group) is 1. The van der Waals surface area contributed by atoms with Crippen molar-refractivity contribution in [2.24, 2.45) is 0 Å². The molecule has 20 heavy (non-hydrogen) atoms. The second-order valence-corrected chi connectivity index (χ2v) is 6.12. The normalized spacial score (nSPS) is 11.9. The molecule has 0 aromatic carbocycles. The number of esters is 1. The fourth-order valence-corrected chi connectivity index (χ4v) is 1.78. The maximum atomic E-state index is 11.7. The summed E-state index contributed by atoms with van der Waals surface area (Å²) in [5, 5.41) is 0. The monoisotopic (exact) mass is 280 g/mol. The highest BCUT2D eigenvalue weighted by Crippen LogP contribution is 2.06. The Morgan fingerprint density at radius 3 is 2.40 bits per heavy atom. The maximum absolute atomic E-state index is 11.7. The minimum absolute atomic E-state index is 0.162. The van der Waals surface area contributed by atoms with Gasteiger partial charge in [0.1, 0.15) is 6.61 Å². The highest BCUT2D eigenvalue weighted by molar-refractivity contribution is 5.70. The zero-order chi connectivity index (χ0) is 15.6. The Labute approximate surface area is 124 Å². The van der Waals surface area contributed by atoms with Gasteiger partial charge in [0, 0.05) is 0 Å². The molecule has 0 aliphatic heterocycles. The summed E-state index contributed by atoms with van der Waals surface area (Å²) in [7, 11) is 3.98. The van der Waals surface area contributed by atoms with Crippen LogP contribution < -0.4 is 0 Å². The number of quaternary nitrogens is 1. The van der Waals surface area contributed by atoms with Crippen LogP contribution in [0.25, 0.3) is 0 Å². The fraction of sp³-hybridized carbons (Fsp3) is 0.588. The molecule has 0 atom stereocenters. The predicted octanol–water partition coefficient (Wildman–Crippen LogP) is 3.48. The summed E-state index contributed by atoms with van der Waals surface area (Å²) in [5.74, 6) is -0.162. The molecule has 0 bridgehead atoms. The second-order valence-electron chi connectivity index (χ2n) is 6.12. The average Bonchev–Trinajstić information content (AvgIpc) is 2.27. The van der Waals surface area contributed by atoms with Gasteiger partial charge in [0.2, 0.25) is 0 Å². The van der Waals surface area contributed by atoms with Gasteiger partial charge < -0.3 is 9.22 Å². The highest BCUT2D eigenvalue weighted by Gasteiger charge is 2.18.